The lowest BCUT2D eigenvalue weighted by atomic mass is 10.0. The summed E-state index contributed by atoms with van der Waals surface area (Å²) in [5, 5.41) is 4.10. The maximum absolute atomic E-state index is 14.9. The molecule has 0 radical (unpaired) electrons. The highest BCUT2D eigenvalue weighted by molar-refractivity contribution is 6.23. The SMILES string of the molecule is CC(=O)C(C)N1C(=O)N(c2ccc(N3CCN(c4ccc(OC[C@@H]5CO[C@@](Cn6cncn6)(c6ccc(F)cc6F)O5)cc4)CC3)cc2)C(=O)C1(C)C. The van der Waals surface area contributed by atoms with Crippen LogP contribution >= 0.6 is 0 Å². The summed E-state index contributed by atoms with van der Waals surface area (Å²) in [4.78, 5) is 49.7. The van der Waals surface area contributed by atoms with Crippen molar-refractivity contribution in [1.82, 2.24) is 19.7 Å². The number of Topliss-reactive ketones (excluding diaryl/α,β-unsaturated/α-hetero) is 1. The third-order valence-corrected chi connectivity index (χ3v) is 10.1. The van der Waals surface area contributed by atoms with Crippen LogP contribution in [0.1, 0.15) is 33.3 Å². The Morgan fingerprint density at radius 2 is 1.57 bits per heavy atom. The van der Waals surface area contributed by atoms with Crippen LogP contribution in [-0.4, -0.2) is 94.5 Å². The number of amides is 3. The third-order valence-electron chi connectivity index (χ3n) is 10.1. The largest absolute Gasteiger partial charge is 0.491 e. The first kappa shape index (κ1) is 36.0. The van der Waals surface area contributed by atoms with Gasteiger partial charge in [-0.2, -0.15) is 5.10 Å². The molecule has 53 heavy (non-hydrogen) atoms. The van der Waals surface area contributed by atoms with Crippen LogP contribution in [0.25, 0.3) is 0 Å². The summed E-state index contributed by atoms with van der Waals surface area (Å²) in [6.07, 6.45) is 2.29. The molecule has 0 spiro atoms. The van der Waals surface area contributed by atoms with Crippen molar-refractivity contribution >= 4 is 34.8 Å². The average Bonchev–Trinajstić information content (AvgIpc) is 3.85. The van der Waals surface area contributed by atoms with E-state index in [0.29, 0.717) is 11.4 Å². The van der Waals surface area contributed by atoms with Crippen LogP contribution in [0.15, 0.2) is 79.4 Å². The smallest absolute Gasteiger partial charge is 0.332 e. The van der Waals surface area contributed by atoms with Gasteiger partial charge in [0.2, 0.25) is 5.79 Å². The predicted octanol–water partition coefficient (Wildman–Crippen LogP) is 4.76. The number of ketones is 1. The number of nitrogens with zero attached hydrogens (tertiary/aromatic N) is 7. The van der Waals surface area contributed by atoms with Crippen molar-refractivity contribution in [1.29, 1.82) is 0 Å². The number of urea groups is 1. The van der Waals surface area contributed by atoms with Crippen molar-refractivity contribution in [2.75, 3.05) is 54.1 Å². The first-order valence-corrected chi connectivity index (χ1v) is 17.5. The van der Waals surface area contributed by atoms with E-state index in [1.54, 1.807) is 32.9 Å². The van der Waals surface area contributed by atoms with Crippen LogP contribution in [0.4, 0.5) is 30.6 Å². The highest BCUT2D eigenvalue weighted by atomic mass is 19.1. The number of piperazine rings is 1. The molecular weight excluding hydrogens is 688 g/mol. The van der Waals surface area contributed by atoms with Gasteiger partial charge in [0.15, 0.2) is 5.78 Å². The summed E-state index contributed by atoms with van der Waals surface area (Å²) in [7, 11) is 0. The van der Waals surface area contributed by atoms with E-state index < -0.39 is 41.1 Å². The predicted molar refractivity (Wildman–Crippen MR) is 191 cm³/mol. The highest BCUT2D eigenvalue weighted by Crippen LogP contribution is 2.38. The number of aromatic nitrogens is 3. The molecule has 0 bridgehead atoms. The van der Waals surface area contributed by atoms with Crippen molar-refractivity contribution in [3.8, 4) is 5.75 Å². The molecule has 0 saturated carbocycles. The Labute approximate surface area is 305 Å². The van der Waals surface area contributed by atoms with Crippen LogP contribution in [0.2, 0.25) is 0 Å². The number of anilines is 3. The highest BCUT2D eigenvalue weighted by Gasteiger charge is 2.54. The van der Waals surface area contributed by atoms with E-state index in [1.807, 2.05) is 36.4 Å². The maximum atomic E-state index is 14.9. The molecule has 13 nitrogen and oxygen atoms in total. The van der Waals surface area contributed by atoms with Crippen molar-refractivity contribution in [3.05, 3.63) is 96.6 Å². The fourth-order valence-electron chi connectivity index (χ4n) is 7.13. The Morgan fingerprint density at radius 3 is 2.15 bits per heavy atom. The number of hydrogen-bond donors (Lipinski definition) is 0. The van der Waals surface area contributed by atoms with Gasteiger partial charge in [-0.25, -0.2) is 28.1 Å². The quantitative estimate of drug-likeness (QED) is 0.200. The number of hydrogen-bond acceptors (Lipinski definition) is 10. The zero-order valence-electron chi connectivity index (χ0n) is 29.9. The van der Waals surface area contributed by atoms with Crippen LogP contribution in [-0.2, 0) is 31.4 Å². The average molecular weight is 730 g/mol. The van der Waals surface area contributed by atoms with E-state index in [9.17, 15) is 23.2 Å². The van der Waals surface area contributed by atoms with Gasteiger partial charge in [0.1, 0.15) is 54.8 Å². The molecule has 3 saturated heterocycles. The molecular formula is C38H41F2N7O6. The molecule has 1 unspecified atom stereocenters. The number of imide groups is 1. The zero-order valence-corrected chi connectivity index (χ0v) is 29.9. The van der Waals surface area contributed by atoms with Crippen LogP contribution in [0.5, 0.6) is 5.75 Å². The molecule has 3 aliphatic rings. The van der Waals surface area contributed by atoms with Crippen LogP contribution in [0.3, 0.4) is 0 Å². The number of benzene rings is 3. The Balaban J connectivity index is 0.927. The molecule has 3 fully saturated rings. The van der Waals surface area contributed by atoms with Gasteiger partial charge < -0.3 is 28.9 Å². The van der Waals surface area contributed by atoms with Gasteiger partial charge in [-0.05, 0) is 88.4 Å². The number of carbonyl (C=O) groups excluding carboxylic acids is 3. The molecule has 3 aromatic carbocycles. The molecule has 0 aliphatic carbocycles. The lowest BCUT2D eigenvalue weighted by molar-refractivity contribution is -0.192. The number of carbonyl (C=O) groups is 3. The summed E-state index contributed by atoms with van der Waals surface area (Å²) in [6, 6.07) is 17.2. The van der Waals surface area contributed by atoms with Crippen LogP contribution < -0.4 is 19.4 Å². The first-order valence-electron chi connectivity index (χ1n) is 17.5. The van der Waals surface area contributed by atoms with Gasteiger partial charge in [0.25, 0.3) is 5.91 Å². The lowest BCUT2D eigenvalue weighted by Crippen LogP contribution is -2.51. The summed E-state index contributed by atoms with van der Waals surface area (Å²) in [6.45, 7) is 9.75. The van der Waals surface area contributed by atoms with Gasteiger partial charge >= 0.3 is 6.03 Å². The molecule has 278 valence electrons. The number of halogens is 2. The molecule has 3 amide bonds. The van der Waals surface area contributed by atoms with Crippen molar-refractivity contribution < 1.29 is 37.4 Å². The minimum absolute atomic E-state index is 0.0138. The van der Waals surface area contributed by atoms with E-state index in [0.717, 1.165) is 54.6 Å². The topological polar surface area (TPSA) is 123 Å². The molecule has 15 heteroatoms. The summed E-state index contributed by atoms with van der Waals surface area (Å²) in [5.41, 5.74) is 1.42. The Bertz CT molecular complexity index is 1970. The monoisotopic (exact) mass is 729 g/mol. The molecule has 1 aromatic heterocycles. The standard InChI is InChI=1S/C38H41F2N7O6/c1-25(26(2)48)47-36(50)46(35(49)37(47,3)4)30-8-6-28(7-9-30)43-15-17-44(18-16-43)29-10-12-31(13-11-29)51-20-32-21-52-38(53-32,22-45-24-41-23-42-45)33-14-5-27(39)19-34(33)40/h5-14,19,23-25,32H,15-18,20-22H2,1-4H3/t25?,32-,38-/m1/s1. The van der Waals surface area contributed by atoms with Gasteiger partial charge in [0.05, 0.1) is 18.3 Å². The van der Waals surface area contributed by atoms with Crippen LogP contribution in [0, 0.1) is 11.6 Å². The second-order valence-electron chi connectivity index (χ2n) is 14.0. The number of ether oxygens (including phenoxy) is 3. The van der Waals surface area contributed by atoms with Gasteiger partial charge in [-0.1, -0.05) is 0 Å². The molecule has 4 heterocycles. The summed E-state index contributed by atoms with van der Waals surface area (Å²) < 4.78 is 48.3. The number of rotatable bonds is 11. The third kappa shape index (κ3) is 6.93. The summed E-state index contributed by atoms with van der Waals surface area (Å²) in [5.74, 6) is -2.93. The molecule has 4 aromatic rings. The fourth-order valence-corrected chi connectivity index (χ4v) is 7.13. The van der Waals surface area contributed by atoms with Crippen molar-refractivity contribution in [2.24, 2.45) is 0 Å². The molecule has 3 aliphatic heterocycles. The Hall–Kier alpha value is -5.41. The Kier molecular flexibility index (Phi) is 9.63. The van der Waals surface area contributed by atoms with Gasteiger partial charge in [-0.15, -0.1) is 0 Å². The second-order valence-corrected chi connectivity index (χ2v) is 14.0. The van der Waals surface area contributed by atoms with E-state index in [2.05, 4.69) is 19.9 Å². The van der Waals surface area contributed by atoms with Gasteiger partial charge in [-0.3, -0.25) is 9.59 Å². The Morgan fingerprint density at radius 1 is 0.943 bits per heavy atom. The van der Waals surface area contributed by atoms with E-state index in [1.165, 1.54) is 35.2 Å². The normalized spacial score (nSPS) is 22.1. The molecule has 0 N–H and O–H groups in total. The zero-order chi connectivity index (χ0) is 37.5. The molecule has 3 atom stereocenters. The lowest BCUT2D eigenvalue weighted by Gasteiger charge is -2.37. The van der Waals surface area contributed by atoms with Crippen molar-refractivity contribution in [2.45, 2.75) is 57.7 Å². The summed E-state index contributed by atoms with van der Waals surface area (Å²) >= 11 is 0. The second kappa shape index (κ2) is 14.2. The minimum Gasteiger partial charge on any atom is -0.491 e. The van der Waals surface area contributed by atoms with E-state index in [4.69, 9.17) is 14.2 Å². The fraction of sp³-hybridized carbons (Fsp3) is 0.395. The van der Waals surface area contributed by atoms with Gasteiger partial charge in [0, 0.05) is 49.2 Å². The minimum atomic E-state index is -1.53. The van der Waals surface area contributed by atoms with E-state index >= 15 is 0 Å². The molecule has 7 rings (SSSR count). The van der Waals surface area contributed by atoms with E-state index in [-0.39, 0.29) is 37.0 Å². The van der Waals surface area contributed by atoms with Crippen molar-refractivity contribution in [3.63, 3.8) is 0 Å². The maximum Gasteiger partial charge on any atom is 0.332 e. The first-order chi connectivity index (χ1) is 25.4.